The minimum atomic E-state index is -0.0421. The summed E-state index contributed by atoms with van der Waals surface area (Å²) in [6, 6.07) is 12.1. The molecular weight excluding hydrogens is 386 g/mol. The van der Waals surface area contributed by atoms with Crippen LogP contribution < -0.4 is 10.2 Å². The zero-order chi connectivity index (χ0) is 20.1. The lowest BCUT2D eigenvalue weighted by Gasteiger charge is -2.17. The van der Waals surface area contributed by atoms with Crippen LogP contribution in [-0.2, 0) is 11.3 Å². The molecule has 0 saturated carbocycles. The molecule has 1 fully saturated rings. The van der Waals surface area contributed by atoms with Crippen molar-refractivity contribution in [3.63, 3.8) is 0 Å². The first-order valence-corrected chi connectivity index (χ1v) is 10.7. The lowest BCUT2D eigenvalue weighted by Crippen LogP contribution is -2.24. The number of carbonyl (C=O) groups is 1. The number of hydrogen-bond acceptors (Lipinski definition) is 7. The fourth-order valence-electron chi connectivity index (χ4n) is 3.27. The Morgan fingerprint density at radius 1 is 1.21 bits per heavy atom. The third kappa shape index (κ3) is 4.95. The number of anilines is 1. The van der Waals surface area contributed by atoms with Crippen LogP contribution in [0.5, 0.6) is 0 Å². The van der Waals surface area contributed by atoms with E-state index >= 15 is 0 Å². The topological polar surface area (TPSA) is 84.2 Å². The van der Waals surface area contributed by atoms with Crippen molar-refractivity contribution in [2.24, 2.45) is 0 Å². The number of hydrogen-bond donors (Lipinski definition) is 1. The van der Waals surface area contributed by atoms with Gasteiger partial charge in [-0.2, -0.15) is 4.98 Å². The fraction of sp³-hybridized carbons (Fsp3) is 0.333. The second-order valence-corrected chi connectivity index (χ2v) is 7.88. The van der Waals surface area contributed by atoms with Crippen molar-refractivity contribution < 1.29 is 9.32 Å². The molecule has 3 heterocycles. The lowest BCUT2D eigenvalue weighted by atomic mass is 10.2. The van der Waals surface area contributed by atoms with Crippen LogP contribution in [-0.4, -0.2) is 39.9 Å². The third-order valence-electron chi connectivity index (χ3n) is 4.78. The van der Waals surface area contributed by atoms with Gasteiger partial charge in [-0.3, -0.25) is 4.79 Å². The van der Waals surface area contributed by atoms with E-state index in [1.54, 1.807) is 13.1 Å². The van der Waals surface area contributed by atoms with Gasteiger partial charge in [-0.25, -0.2) is 4.98 Å². The number of rotatable bonds is 7. The van der Waals surface area contributed by atoms with Crippen molar-refractivity contribution in [2.75, 3.05) is 23.7 Å². The van der Waals surface area contributed by atoms with Crippen molar-refractivity contribution in [2.45, 2.75) is 31.3 Å². The van der Waals surface area contributed by atoms with Gasteiger partial charge in [0.1, 0.15) is 5.03 Å². The molecule has 7 nitrogen and oxygen atoms in total. The third-order valence-corrected chi connectivity index (χ3v) is 5.78. The van der Waals surface area contributed by atoms with Crippen LogP contribution in [0.1, 0.15) is 24.3 Å². The first kappa shape index (κ1) is 19.4. The van der Waals surface area contributed by atoms with E-state index < -0.39 is 0 Å². The molecule has 1 aliphatic rings. The number of nitrogens with one attached hydrogen (secondary N) is 1. The van der Waals surface area contributed by atoms with Gasteiger partial charge in [0.25, 0.3) is 0 Å². The number of amides is 1. The zero-order valence-electron chi connectivity index (χ0n) is 16.3. The molecule has 8 heteroatoms. The summed E-state index contributed by atoms with van der Waals surface area (Å²) in [6.07, 6.45) is 4.22. The Hall–Kier alpha value is -2.87. The summed E-state index contributed by atoms with van der Waals surface area (Å²) in [5, 5.41) is 7.62. The maximum atomic E-state index is 12.3. The molecular formula is C21H23N5O2S. The van der Waals surface area contributed by atoms with Crippen LogP contribution in [0.15, 0.2) is 52.1 Å². The van der Waals surface area contributed by atoms with Gasteiger partial charge in [0.15, 0.2) is 0 Å². The van der Waals surface area contributed by atoms with Gasteiger partial charge < -0.3 is 14.7 Å². The summed E-state index contributed by atoms with van der Waals surface area (Å²) >= 11 is 1.36. The lowest BCUT2D eigenvalue weighted by molar-refractivity contribution is -0.118. The van der Waals surface area contributed by atoms with Gasteiger partial charge >= 0.3 is 0 Å². The van der Waals surface area contributed by atoms with E-state index in [0.717, 1.165) is 24.2 Å². The molecule has 0 aliphatic carbocycles. The molecule has 4 rings (SSSR count). The second kappa shape index (κ2) is 9.09. The highest BCUT2D eigenvalue weighted by Crippen LogP contribution is 2.27. The summed E-state index contributed by atoms with van der Waals surface area (Å²) in [5.74, 6) is 1.21. The quantitative estimate of drug-likeness (QED) is 0.598. The number of aromatic nitrogens is 3. The van der Waals surface area contributed by atoms with E-state index in [9.17, 15) is 4.79 Å². The van der Waals surface area contributed by atoms with Crippen molar-refractivity contribution >= 4 is 23.4 Å². The average Bonchev–Trinajstić information content (AvgIpc) is 3.43. The van der Waals surface area contributed by atoms with E-state index in [0.29, 0.717) is 23.3 Å². The molecule has 1 saturated heterocycles. The van der Waals surface area contributed by atoms with Crippen LogP contribution in [0, 0.1) is 6.92 Å². The largest absolute Gasteiger partial charge is 0.372 e. The Balaban J connectivity index is 1.29. The molecule has 0 spiro atoms. The molecule has 150 valence electrons. The fourth-order valence-corrected chi connectivity index (χ4v) is 4.09. The summed E-state index contributed by atoms with van der Waals surface area (Å²) in [4.78, 5) is 23.3. The van der Waals surface area contributed by atoms with Crippen LogP contribution in [0.2, 0.25) is 0 Å². The number of benzene rings is 1. The van der Waals surface area contributed by atoms with E-state index in [2.05, 4.69) is 49.6 Å². The Morgan fingerprint density at radius 3 is 2.72 bits per heavy atom. The van der Waals surface area contributed by atoms with E-state index in [1.165, 1.54) is 30.3 Å². The van der Waals surface area contributed by atoms with Crippen LogP contribution in [0.3, 0.4) is 0 Å². The smallest absolute Gasteiger partial charge is 0.230 e. The molecule has 0 unspecified atom stereocenters. The predicted molar refractivity (Wildman–Crippen MR) is 113 cm³/mol. The van der Waals surface area contributed by atoms with Crippen LogP contribution in [0.25, 0.3) is 11.4 Å². The first-order valence-electron chi connectivity index (χ1n) is 9.68. The second-order valence-electron chi connectivity index (χ2n) is 6.92. The summed E-state index contributed by atoms with van der Waals surface area (Å²) < 4.78 is 5.05. The number of nitrogens with zero attached hydrogens (tertiary/aromatic N) is 4. The highest BCUT2D eigenvalue weighted by Gasteiger charge is 2.14. The number of carbonyl (C=O) groups excluding carboxylic acids is 1. The number of aryl methyl sites for hydroxylation is 1. The Kier molecular flexibility index (Phi) is 6.09. The van der Waals surface area contributed by atoms with Gasteiger partial charge in [-0.05, 0) is 42.7 Å². The number of pyridine rings is 1. The summed E-state index contributed by atoms with van der Waals surface area (Å²) in [7, 11) is 0. The zero-order valence-corrected chi connectivity index (χ0v) is 17.1. The minimum Gasteiger partial charge on any atom is -0.372 e. The van der Waals surface area contributed by atoms with Gasteiger partial charge in [0, 0.05) is 38.4 Å². The molecule has 0 bridgehead atoms. The predicted octanol–water partition coefficient (Wildman–Crippen LogP) is 3.45. The molecule has 1 aromatic carbocycles. The maximum Gasteiger partial charge on any atom is 0.230 e. The van der Waals surface area contributed by atoms with Crippen LogP contribution in [0.4, 0.5) is 5.69 Å². The Morgan fingerprint density at radius 2 is 2.00 bits per heavy atom. The molecule has 2 aromatic heterocycles. The Bertz CT molecular complexity index is 967. The van der Waals surface area contributed by atoms with Gasteiger partial charge in [-0.1, -0.05) is 29.1 Å². The van der Waals surface area contributed by atoms with E-state index in [4.69, 9.17) is 4.52 Å². The molecule has 1 amide bonds. The molecule has 0 radical (unpaired) electrons. The van der Waals surface area contributed by atoms with Crippen molar-refractivity contribution in [1.82, 2.24) is 20.4 Å². The standard InChI is InChI=1S/C21H23N5O2S/c1-15-24-20(25-28-15)18-5-4-10-22-21(18)29-14-19(27)23-13-16-6-8-17(9-7-16)26-11-2-3-12-26/h4-10H,2-3,11-14H2,1H3,(H,23,27). The number of thioether (sulfide) groups is 1. The molecule has 3 aromatic rings. The molecule has 29 heavy (non-hydrogen) atoms. The normalized spacial score (nSPS) is 13.6. The molecule has 1 N–H and O–H groups in total. The molecule has 1 aliphatic heterocycles. The van der Waals surface area contributed by atoms with Gasteiger partial charge in [-0.15, -0.1) is 0 Å². The van der Waals surface area contributed by atoms with Crippen molar-refractivity contribution in [3.8, 4) is 11.4 Å². The van der Waals surface area contributed by atoms with Crippen LogP contribution >= 0.6 is 11.8 Å². The Labute approximate surface area is 173 Å². The maximum absolute atomic E-state index is 12.3. The van der Waals surface area contributed by atoms with E-state index in [1.807, 2.05) is 12.1 Å². The monoisotopic (exact) mass is 409 g/mol. The summed E-state index contributed by atoms with van der Waals surface area (Å²) in [5.41, 5.74) is 3.11. The van der Waals surface area contributed by atoms with Crippen molar-refractivity contribution in [1.29, 1.82) is 0 Å². The van der Waals surface area contributed by atoms with Crippen molar-refractivity contribution in [3.05, 3.63) is 54.0 Å². The summed E-state index contributed by atoms with van der Waals surface area (Å²) in [6.45, 7) is 4.52. The average molecular weight is 410 g/mol. The highest BCUT2D eigenvalue weighted by molar-refractivity contribution is 8.00. The van der Waals surface area contributed by atoms with Gasteiger partial charge in [0.2, 0.25) is 17.6 Å². The first-order chi connectivity index (χ1) is 14.2. The molecule has 0 atom stereocenters. The highest BCUT2D eigenvalue weighted by atomic mass is 32.2. The minimum absolute atomic E-state index is 0.0421. The van der Waals surface area contributed by atoms with E-state index in [-0.39, 0.29) is 11.7 Å². The SMILES string of the molecule is Cc1nc(-c2cccnc2SCC(=O)NCc2ccc(N3CCCC3)cc2)no1. The van der Waals surface area contributed by atoms with Gasteiger partial charge in [0.05, 0.1) is 11.3 Å².